The van der Waals surface area contributed by atoms with E-state index in [1.165, 1.54) is 0 Å². The van der Waals surface area contributed by atoms with Gasteiger partial charge >= 0.3 is 0 Å². The summed E-state index contributed by atoms with van der Waals surface area (Å²) in [5.74, 6) is 0. The van der Waals surface area contributed by atoms with E-state index < -0.39 is 0 Å². The van der Waals surface area contributed by atoms with Crippen LogP contribution in [0.25, 0.3) is 0 Å². The number of hydrogen-bond acceptors (Lipinski definition) is 3. The number of hydrogen-bond donors (Lipinski definition) is 0. The maximum absolute atomic E-state index is 8.80. The van der Waals surface area contributed by atoms with Gasteiger partial charge in [0.05, 0.1) is 0 Å². The maximum Gasteiger partial charge on any atom is 0 e. The summed E-state index contributed by atoms with van der Waals surface area (Å²) in [5.41, 5.74) is 0. The average Bonchev–Trinajstić information content (AvgIpc) is 1.41. The summed E-state index contributed by atoms with van der Waals surface area (Å²) in [5, 5.41) is 0. The van der Waals surface area contributed by atoms with E-state index >= 15 is 0 Å². The van der Waals surface area contributed by atoms with E-state index in [1.807, 2.05) is 0 Å². The summed E-state index contributed by atoms with van der Waals surface area (Å²) in [4.78, 5) is 17.6. The van der Waals surface area contributed by atoms with Gasteiger partial charge in [0.1, 0.15) is 0 Å². The Hall–Kier alpha value is 4.66. The predicted octanol–water partition coefficient (Wildman–Crippen LogP) is -0.875. The first-order valence-electron chi connectivity index (χ1n) is 0.816. The van der Waals surface area contributed by atoms with Crippen LogP contribution in [0.4, 0.5) is 0 Å². The van der Waals surface area contributed by atoms with Gasteiger partial charge in [-0.05, 0) is 0 Å². The molecule has 43 valence electrons. The molecule has 0 aromatic heterocycles. The van der Waals surface area contributed by atoms with Gasteiger partial charge in [-0.1, -0.05) is 0 Å². The fraction of sp³-hybridized carbons (Fsp3) is 0. The molecule has 5 radical (unpaired) electrons. The van der Waals surface area contributed by atoms with Gasteiger partial charge in [0, 0.05) is 164 Å². The van der Waals surface area contributed by atoms with Crippen molar-refractivity contribution in [2.45, 2.75) is 0 Å². The normalized spacial score (nSPS) is 2.80. The monoisotopic (exact) mass is 517 g/mol. The molecular weight excluding hydrogens is 517 g/mol. The van der Waals surface area contributed by atoms with E-state index in [-0.39, 0.29) is 164 Å². The van der Waals surface area contributed by atoms with E-state index in [0.717, 1.165) is 12.9 Å². The zero-order valence-electron chi connectivity index (χ0n) is 5.11. The molecule has 0 amide bonds. The molecule has 0 aromatic carbocycles. The molecule has 8 heteroatoms. The third kappa shape index (κ3) is 38.8. The zero-order chi connectivity index (χ0) is 4.12. The van der Waals surface area contributed by atoms with Crippen LogP contribution in [0.2, 0.25) is 0 Å². The summed E-state index contributed by atoms with van der Waals surface area (Å²) < 4.78 is 3.22. The van der Waals surface area contributed by atoms with E-state index in [4.69, 9.17) is 9.59 Å². The van der Waals surface area contributed by atoms with Crippen LogP contribution in [-0.4, -0.2) is 12.9 Å². The maximum atomic E-state index is 8.80. The van der Waals surface area contributed by atoms with Crippen LogP contribution in [-0.2, 0) is 178 Å². The van der Waals surface area contributed by atoms with Crippen LogP contribution in [0.3, 0.4) is 0 Å². The Morgan fingerprint density at radius 3 is 0.900 bits per heavy atom. The van der Waals surface area contributed by atoms with Gasteiger partial charge in [-0.25, -0.2) is 0 Å². The average molecular weight is 517 g/mol. The summed E-state index contributed by atoms with van der Waals surface area (Å²) in [6.45, 7) is 1.69. The Morgan fingerprint density at radius 2 is 0.900 bits per heavy atom. The predicted molar refractivity (Wildman–Crippen MR) is 12.5 cm³/mol. The molecule has 10 heavy (non-hydrogen) atoms. The molecule has 3 nitrogen and oxygen atoms in total. The van der Waals surface area contributed by atoms with Crippen molar-refractivity contribution in [1.82, 2.24) is 0 Å². The second kappa shape index (κ2) is 37.3. The second-order valence-electron chi connectivity index (χ2n) is 0.269. The van der Waals surface area contributed by atoms with Gasteiger partial charge in [0.2, 0.25) is 0 Å². The van der Waals surface area contributed by atoms with Crippen LogP contribution >= 0.6 is 0 Å². The molecule has 0 spiro atoms. The van der Waals surface area contributed by atoms with Crippen molar-refractivity contribution in [3.05, 3.63) is 0 Å². The number of rotatable bonds is 2. The second-order valence-corrected chi connectivity index (χ2v) is 0.269. The summed E-state index contributed by atoms with van der Waals surface area (Å²) in [7, 11) is 0. The number of ether oxygens (including phenoxy) is 1. The van der Waals surface area contributed by atoms with Crippen molar-refractivity contribution >= 4 is 12.9 Å². The Labute approximate surface area is 185 Å². The molecule has 0 saturated heterocycles. The summed E-state index contributed by atoms with van der Waals surface area (Å²) >= 11 is 0. The van der Waals surface area contributed by atoms with E-state index in [1.54, 1.807) is 0 Å². The molecule has 0 fully saturated rings. The van der Waals surface area contributed by atoms with Crippen molar-refractivity contribution in [2.24, 2.45) is 0 Å². The first-order chi connectivity index (χ1) is 2.41. The van der Waals surface area contributed by atoms with Crippen molar-refractivity contribution < 1.29 is 178 Å². The summed E-state index contributed by atoms with van der Waals surface area (Å²) in [6, 6.07) is 0. The van der Waals surface area contributed by atoms with E-state index in [0.29, 0.717) is 0 Å². The van der Waals surface area contributed by atoms with Crippen LogP contribution < -0.4 is 0 Å². The minimum atomic E-state index is 0. The van der Waals surface area contributed by atoms with Crippen LogP contribution in [0, 0.1) is 0 Å². The largest absolute Gasteiger partial charge is 0.783 e. The minimum absolute atomic E-state index is 0. The summed E-state index contributed by atoms with van der Waals surface area (Å²) in [6.07, 6.45) is 0. The SMILES string of the molecule is O=[C-]O[C-]=O.[Y].[Y].[Y].[Y].[Y]. The Kier molecular flexibility index (Phi) is 136. The molecular formula is C2O3Y5-2. The smallest absolute Gasteiger partial charge is 0 e. The van der Waals surface area contributed by atoms with Crippen molar-refractivity contribution in [1.29, 1.82) is 0 Å². The molecule has 0 heterocycles. The minimum Gasteiger partial charge on any atom is -0.783 e. The zero-order valence-corrected chi connectivity index (χ0v) is 19.3. The van der Waals surface area contributed by atoms with Crippen LogP contribution in [0.5, 0.6) is 0 Å². The van der Waals surface area contributed by atoms with E-state index in [9.17, 15) is 0 Å². The Bertz CT molecular complexity index is 44.2. The third-order valence-electron chi connectivity index (χ3n) is 0.0833. The Morgan fingerprint density at radius 1 is 0.700 bits per heavy atom. The van der Waals surface area contributed by atoms with Crippen molar-refractivity contribution in [2.75, 3.05) is 0 Å². The van der Waals surface area contributed by atoms with E-state index in [2.05, 4.69) is 4.74 Å². The third-order valence-corrected chi connectivity index (χ3v) is 0.0833. The van der Waals surface area contributed by atoms with Crippen molar-refractivity contribution in [3.8, 4) is 0 Å². The quantitative estimate of drug-likeness (QED) is 0.354. The van der Waals surface area contributed by atoms with Gasteiger partial charge in [0.15, 0.2) is 0 Å². The standard InChI is InChI=1S/C2O3.5Y/c3-1-5-2-4;;;;;/q-2;;;;;. The molecule has 0 rings (SSSR count). The van der Waals surface area contributed by atoms with Gasteiger partial charge in [0.25, 0.3) is 0 Å². The van der Waals surface area contributed by atoms with Gasteiger partial charge in [-0.15, -0.1) is 12.9 Å². The fourth-order valence-corrected chi connectivity index (χ4v) is 0.0170. The topological polar surface area (TPSA) is 43.4 Å². The molecule has 0 unspecified atom stereocenters. The molecule has 0 N–H and O–H groups in total. The molecule has 0 bridgehead atoms. The first-order valence-corrected chi connectivity index (χ1v) is 0.816. The van der Waals surface area contributed by atoms with Gasteiger partial charge in [-0.3, -0.25) is 0 Å². The molecule has 0 aliphatic rings. The van der Waals surface area contributed by atoms with Gasteiger partial charge < -0.3 is 14.3 Å². The molecule has 0 saturated carbocycles. The number of carbonyl (C=O) groups excluding carboxylic acids is 2. The van der Waals surface area contributed by atoms with Gasteiger partial charge in [-0.2, -0.15) is 0 Å². The Balaban J connectivity index is -0.00000000800. The van der Waals surface area contributed by atoms with Crippen LogP contribution in [0.1, 0.15) is 0 Å². The first kappa shape index (κ1) is 36.5. The molecule has 0 atom stereocenters. The van der Waals surface area contributed by atoms with Crippen LogP contribution in [0.15, 0.2) is 0 Å². The molecule has 0 aliphatic carbocycles. The fourth-order valence-electron chi connectivity index (χ4n) is 0.0170. The molecule has 0 aliphatic heterocycles. The molecule has 0 aromatic rings. The van der Waals surface area contributed by atoms with Crippen molar-refractivity contribution in [3.63, 3.8) is 0 Å².